The summed E-state index contributed by atoms with van der Waals surface area (Å²) in [6.45, 7) is 5.44. The Labute approximate surface area is 276 Å². The summed E-state index contributed by atoms with van der Waals surface area (Å²) >= 11 is 6.34. The predicted octanol–water partition coefficient (Wildman–Crippen LogP) is 5.66. The Balaban J connectivity index is 1.05. The van der Waals surface area contributed by atoms with Crippen LogP contribution in [0.25, 0.3) is 11.1 Å². The van der Waals surface area contributed by atoms with Crippen LogP contribution in [0.15, 0.2) is 43.1 Å². The van der Waals surface area contributed by atoms with Crippen LogP contribution in [0.5, 0.6) is 5.75 Å². The van der Waals surface area contributed by atoms with Crippen molar-refractivity contribution in [3.8, 4) is 16.9 Å². The second-order valence-electron chi connectivity index (χ2n) is 12.8. The second-order valence-corrected chi connectivity index (χ2v) is 13.2. The zero-order chi connectivity index (χ0) is 33.7. The van der Waals surface area contributed by atoms with Crippen molar-refractivity contribution in [3.05, 3.63) is 53.8 Å². The zero-order valence-corrected chi connectivity index (χ0v) is 26.5. The van der Waals surface area contributed by atoms with E-state index in [4.69, 9.17) is 21.1 Å². The van der Waals surface area contributed by atoms with E-state index in [2.05, 4.69) is 40.8 Å². The largest absolute Gasteiger partial charge is 0.487 e. The molecular formula is C30H32ClF5N10O2. The molecule has 4 aromatic rings. The van der Waals surface area contributed by atoms with Gasteiger partial charge in [-0.15, -0.1) is 5.10 Å². The summed E-state index contributed by atoms with van der Waals surface area (Å²) in [7, 11) is 0. The lowest BCUT2D eigenvalue weighted by molar-refractivity contribution is -0.290. The monoisotopic (exact) mass is 694 g/mol. The fourth-order valence-electron chi connectivity index (χ4n) is 6.76. The van der Waals surface area contributed by atoms with Gasteiger partial charge in [0.15, 0.2) is 5.69 Å². The van der Waals surface area contributed by atoms with Crippen LogP contribution < -0.4 is 10.1 Å². The van der Waals surface area contributed by atoms with Gasteiger partial charge in [0, 0.05) is 56.5 Å². The van der Waals surface area contributed by atoms with Gasteiger partial charge in [-0.25, -0.2) is 14.6 Å². The van der Waals surface area contributed by atoms with E-state index in [9.17, 15) is 22.0 Å². The summed E-state index contributed by atoms with van der Waals surface area (Å²) in [6.07, 6.45) is 2.56. The first-order valence-electron chi connectivity index (χ1n) is 15.5. The number of hydrogen-bond donors (Lipinski definition) is 1. The van der Waals surface area contributed by atoms with E-state index < -0.39 is 23.5 Å². The second kappa shape index (κ2) is 12.5. The molecule has 0 bridgehead atoms. The highest BCUT2D eigenvalue weighted by molar-refractivity contribution is 6.32. The van der Waals surface area contributed by atoms with Crippen molar-refractivity contribution >= 4 is 23.2 Å². The smallest absolute Gasteiger partial charge is 0.459 e. The van der Waals surface area contributed by atoms with Gasteiger partial charge in [-0.1, -0.05) is 17.7 Å². The lowest BCUT2D eigenvalue weighted by Gasteiger charge is -2.61. The van der Waals surface area contributed by atoms with Gasteiger partial charge in [-0.2, -0.15) is 27.1 Å². The lowest BCUT2D eigenvalue weighted by atomic mass is 9.60. The maximum absolute atomic E-state index is 14.7. The highest BCUT2D eigenvalue weighted by atomic mass is 35.5. The third-order valence-corrected chi connectivity index (χ3v) is 9.52. The Morgan fingerprint density at radius 2 is 1.79 bits per heavy atom. The van der Waals surface area contributed by atoms with Crippen LogP contribution in [0, 0.1) is 5.41 Å². The number of hydrogen-bond acceptors (Lipinski definition) is 10. The van der Waals surface area contributed by atoms with Gasteiger partial charge in [-0.3, -0.25) is 9.58 Å². The van der Waals surface area contributed by atoms with Crippen LogP contribution in [-0.2, 0) is 17.2 Å². The quantitative estimate of drug-likeness (QED) is 0.208. The van der Waals surface area contributed by atoms with Crippen molar-refractivity contribution in [1.29, 1.82) is 0 Å². The van der Waals surface area contributed by atoms with Crippen LogP contribution in [0.2, 0.25) is 5.02 Å². The minimum Gasteiger partial charge on any atom is -0.487 e. The average molecular weight is 695 g/mol. The van der Waals surface area contributed by atoms with Crippen LogP contribution in [0.4, 0.5) is 33.6 Å². The molecule has 1 spiro atoms. The Bertz CT molecular complexity index is 1720. The first-order chi connectivity index (χ1) is 22.9. The summed E-state index contributed by atoms with van der Waals surface area (Å²) in [5, 5.41) is 17.7. The summed E-state index contributed by atoms with van der Waals surface area (Å²) in [5.74, 6) is -4.98. The van der Waals surface area contributed by atoms with Gasteiger partial charge in [0.05, 0.1) is 23.3 Å². The molecule has 3 aliphatic rings. The number of halogens is 6. The molecule has 5 heterocycles. The Morgan fingerprint density at radius 1 is 1.06 bits per heavy atom. The predicted molar refractivity (Wildman–Crippen MR) is 162 cm³/mol. The maximum Gasteiger partial charge on any atom is 0.459 e. The molecule has 1 N–H and O–H groups in total. The van der Waals surface area contributed by atoms with Crippen LogP contribution >= 0.6 is 11.6 Å². The standard InChI is InChI=1S/C30H32ClF5N10O2/c1-18(13-45-17-39-42-43-45)48-25-8-19(2-3-23(25)31)20-11-37-27(38-12-20)40-24-14-46(41-26(24)29(32,33)30(34,35)36)22-9-28(10-22)15-44(16-28)21-4-6-47-7-5-21/h2-3,8,11-12,14,17-18,21-22H,4-7,9-10,13,15-16H2,1H3,(H,37,38,40)/t18-/m0/s1. The number of nitrogens with one attached hydrogen (secondary N) is 1. The number of alkyl halides is 5. The maximum atomic E-state index is 14.7. The van der Waals surface area contributed by atoms with Crippen molar-refractivity contribution in [3.63, 3.8) is 0 Å². The van der Waals surface area contributed by atoms with Crippen LogP contribution in [0.1, 0.15) is 44.3 Å². The first-order valence-corrected chi connectivity index (χ1v) is 15.9. The third-order valence-electron chi connectivity index (χ3n) is 9.21. The zero-order valence-electron chi connectivity index (χ0n) is 25.7. The van der Waals surface area contributed by atoms with E-state index in [0.717, 1.165) is 39.1 Å². The molecule has 1 aliphatic carbocycles. The molecule has 12 nitrogen and oxygen atoms in total. The summed E-state index contributed by atoms with van der Waals surface area (Å²) in [6, 6.07) is 5.22. The molecule has 256 valence electrons. The molecule has 18 heteroatoms. The molecule has 1 aromatic carbocycles. The molecule has 0 amide bonds. The van der Waals surface area contributed by atoms with Gasteiger partial charge in [-0.05, 0) is 66.1 Å². The summed E-state index contributed by atoms with van der Waals surface area (Å²) in [4.78, 5) is 10.8. The molecule has 1 saturated carbocycles. The van der Waals surface area contributed by atoms with E-state index in [1.54, 1.807) is 18.2 Å². The van der Waals surface area contributed by atoms with Gasteiger partial charge in [0.2, 0.25) is 5.95 Å². The molecule has 3 fully saturated rings. The summed E-state index contributed by atoms with van der Waals surface area (Å²) < 4.78 is 84.2. The average Bonchev–Trinajstić information content (AvgIpc) is 3.68. The molecular weight excluding hydrogens is 663 g/mol. The molecule has 2 saturated heterocycles. The Kier molecular flexibility index (Phi) is 8.48. The molecule has 2 aliphatic heterocycles. The normalized spacial score (nSPS) is 19.6. The van der Waals surface area contributed by atoms with Gasteiger partial charge in [0.1, 0.15) is 18.2 Å². The van der Waals surface area contributed by atoms with Gasteiger partial charge < -0.3 is 14.8 Å². The number of likely N-dealkylation sites (tertiary alicyclic amines) is 1. The molecule has 7 rings (SSSR count). The van der Waals surface area contributed by atoms with E-state index >= 15 is 0 Å². The molecule has 3 aromatic heterocycles. The van der Waals surface area contributed by atoms with E-state index in [0.29, 0.717) is 47.3 Å². The minimum absolute atomic E-state index is 0.0352. The van der Waals surface area contributed by atoms with Gasteiger partial charge in [0.25, 0.3) is 0 Å². The third kappa shape index (κ3) is 6.42. The van der Waals surface area contributed by atoms with E-state index in [1.165, 1.54) is 34.3 Å². The van der Waals surface area contributed by atoms with Crippen molar-refractivity contribution in [2.45, 2.75) is 69.4 Å². The fraction of sp³-hybridized carbons (Fsp3) is 0.533. The van der Waals surface area contributed by atoms with Crippen molar-refractivity contribution in [2.75, 3.05) is 31.6 Å². The van der Waals surface area contributed by atoms with Crippen molar-refractivity contribution in [2.24, 2.45) is 5.41 Å². The number of anilines is 2. The molecule has 0 radical (unpaired) electrons. The molecule has 0 unspecified atom stereocenters. The highest BCUT2D eigenvalue weighted by Gasteiger charge is 2.62. The van der Waals surface area contributed by atoms with Crippen molar-refractivity contribution in [1.82, 2.24) is 44.9 Å². The number of benzene rings is 1. The molecule has 1 atom stereocenters. The number of tetrazole rings is 1. The summed E-state index contributed by atoms with van der Waals surface area (Å²) in [5.41, 5.74) is -0.730. The van der Waals surface area contributed by atoms with E-state index in [1.807, 2.05) is 6.92 Å². The Hall–Kier alpha value is -3.96. The lowest BCUT2D eigenvalue weighted by Crippen LogP contribution is -2.65. The first kappa shape index (κ1) is 32.6. The number of nitrogens with zero attached hydrogens (tertiary/aromatic N) is 9. The fourth-order valence-corrected chi connectivity index (χ4v) is 6.92. The Morgan fingerprint density at radius 3 is 2.46 bits per heavy atom. The molecule has 48 heavy (non-hydrogen) atoms. The van der Waals surface area contributed by atoms with Crippen molar-refractivity contribution < 1.29 is 31.4 Å². The number of ether oxygens (including phenoxy) is 2. The SMILES string of the molecule is C[C@@H](Cn1cnnn1)Oc1cc(-c2cnc(Nc3cn(C4CC5(C4)CN(C4CCOCC4)C5)nc3C(F)(F)C(F)(F)F)nc2)ccc1Cl. The van der Waals surface area contributed by atoms with Crippen LogP contribution in [0.3, 0.4) is 0 Å². The minimum atomic E-state index is -5.84. The number of aromatic nitrogens is 8. The highest BCUT2D eigenvalue weighted by Crippen LogP contribution is 2.56. The van der Waals surface area contributed by atoms with Gasteiger partial charge >= 0.3 is 12.1 Å². The van der Waals surface area contributed by atoms with Crippen LogP contribution in [-0.4, -0.2) is 89.5 Å². The number of rotatable bonds is 10. The van der Waals surface area contributed by atoms with E-state index in [-0.39, 0.29) is 23.5 Å². The topological polar surface area (TPSA) is 121 Å².